The second-order valence-electron chi connectivity index (χ2n) is 5.63. The van der Waals surface area contributed by atoms with Crippen molar-refractivity contribution in [2.75, 3.05) is 26.2 Å². The van der Waals surface area contributed by atoms with Gasteiger partial charge in [0.1, 0.15) is 0 Å². The Morgan fingerprint density at radius 2 is 2.10 bits per heavy atom. The summed E-state index contributed by atoms with van der Waals surface area (Å²) in [6, 6.07) is 2.82. The van der Waals surface area contributed by atoms with Gasteiger partial charge in [0.2, 0.25) is 5.88 Å². The van der Waals surface area contributed by atoms with E-state index < -0.39 is 0 Å². The van der Waals surface area contributed by atoms with Crippen molar-refractivity contribution < 1.29 is 9.13 Å². The average molecular weight is 279 g/mol. The molecule has 20 heavy (non-hydrogen) atoms. The van der Waals surface area contributed by atoms with Crippen molar-refractivity contribution >= 4 is 0 Å². The molecule has 0 aromatic carbocycles. The first kappa shape index (κ1) is 13.8. The van der Waals surface area contributed by atoms with Gasteiger partial charge in [-0.15, -0.1) is 0 Å². The largest absolute Gasteiger partial charge is 0.476 e. The molecule has 5 heteroatoms. The van der Waals surface area contributed by atoms with Crippen LogP contribution in [0.4, 0.5) is 4.39 Å². The molecule has 0 radical (unpaired) electrons. The molecule has 0 aliphatic carbocycles. The lowest BCUT2D eigenvalue weighted by Gasteiger charge is -2.56. The summed E-state index contributed by atoms with van der Waals surface area (Å²) in [5.74, 6) is -0.248. The van der Waals surface area contributed by atoms with Crippen LogP contribution in [0.5, 0.6) is 5.88 Å². The molecule has 1 aromatic rings. The average Bonchev–Trinajstić information content (AvgIpc) is 2.47. The standard InChI is InChI=1S/C15H22FN3O/c1-3-18-9-12-6-13(10-18)19(12)8-11-5-14(16)15(17-7-11)20-4-2/h5,7,12-13H,3-4,6,8-10H2,1-2H3. The lowest BCUT2D eigenvalue weighted by Crippen LogP contribution is -2.67. The van der Waals surface area contributed by atoms with Gasteiger partial charge in [0.15, 0.2) is 5.82 Å². The maximum Gasteiger partial charge on any atom is 0.250 e. The minimum atomic E-state index is -0.356. The van der Waals surface area contributed by atoms with Crippen LogP contribution in [0.25, 0.3) is 0 Å². The molecule has 0 spiro atoms. The van der Waals surface area contributed by atoms with Crippen LogP contribution in [0.15, 0.2) is 12.3 Å². The smallest absolute Gasteiger partial charge is 0.250 e. The summed E-state index contributed by atoms with van der Waals surface area (Å²) in [6.45, 7) is 8.67. The summed E-state index contributed by atoms with van der Waals surface area (Å²) in [7, 11) is 0. The Labute approximate surface area is 119 Å². The molecule has 2 fully saturated rings. The molecule has 2 aliphatic heterocycles. The summed E-state index contributed by atoms with van der Waals surface area (Å²) in [5, 5.41) is 0. The van der Waals surface area contributed by atoms with Gasteiger partial charge in [-0.2, -0.15) is 0 Å². The number of hydrogen-bond donors (Lipinski definition) is 0. The van der Waals surface area contributed by atoms with Crippen LogP contribution in [0.1, 0.15) is 25.8 Å². The van der Waals surface area contributed by atoms with E-state index in [-0.39, 0.29) is 11.7 Å². The number of piperidine rings is 1. The third-order valence-corrected chi connectivity index (χ3v) is 4.38. The van der Waals surface area contributed by atoms with E-state index in [1.54, 1.807) is 12.3 Å². The monoisotopic (exact) mass is 279 g/mol. The fourth-order valence-electron chi connectivity index (χ4n) is 3.30. The van der Waals surface area contributed by atoms with E-state index in [4.69, 9.17) is 4.74 Å². The van der Waals surface area contributed by atoms with Gasteiger partial charge in [0.05, 0.1) is 6.61 Å². The Morgan fingerprint density at radius 1 is 1.35 bits per heavy atom. The molecule has 0 saturated carbocycles. The minimum absolute atomic E-state index is 0.109. The first-order valence-corrected chi connectivity index (χ1v) is 7.46. The molecule has 2 bridgehead atoms. The van der Waals surface area contributed by atoms with Crippen molar-refractivity contribution in [2.45, 2.75) is 38.9 Å². The summed E-state index contributed by atoms with van der Waals surface area (Å²) >= 11 is 0. The highest BCUT2D eigenvalue weighted by molar-refractivity contribution is 5.21. The number of aromatic nitrogens is 1. The third-order valence-electron chi connectivity index (χ3n) is 4.38. The maximum absolute atomic E-state index is 13.8. The number of halogens is 1. The van der Waals surface area contributed by atoms with Crippen LogP contribution >= 0.6 is 0 Å². The van der Waals surface area contributed by atoms with Crippen molar-refractivity contribution in [3.63, 3.8) is 0 Å². The number of likely N-dealkylation sites (tertiary alicyclic amines) is 2. The molecule has 0 N–H and O–H groups in total. The van der Waals surface area contributed by atoms with E-state index in [2.05, 4.69) is 21.7 Å². The zero-order valence-electron chi connectivity index (χ0n) is 12.2. The lowest BCUT2D eigenvalue weighted by molar-refractivity contribution is -0.0732. The van der Waals surface area contributed by atoms with Crippen LogP contribution < -0.4 is 4.74 Å². The SMILES string of the molecule is CCOc1ncc(CN2C3CC2CN(CC)C3)cc1F. The van der Waals surface area contributed by atoms with Crippen LogP contribution in [-0.2, 0) is 6.54 Å². The molecule has 2 saturated heterocycles. The van der Waals surface area contributed by atoms with E-state index in [0.29, 0.717) is 18.7 Å². The van der Waals surface area contributed by atoms with Crippen molar-refractivity contribution in [1.29, 1.82) is 0 Å². The second kappa shape index (κ2) is 5.66. The Balaban J connectivity index is 1.63. The minimum Gasteiger partial charge on any atom is -0.476 e. The van der Waals surface area contributed by atoms with Crippen molar-refractivity contribution in [3.05, 3.63) is 23.6 Å². The molecule has 1 aromatic heterocycles. The van der Waals surface area contributed by atoms with Gasteiger partial charge in [-0.1, -0.05) is 6.92 Å². The van der Waals surface area contributed by atoms with E-state index in [0.717, 1.165) is 31.7 Å². The van der Waals surface area contributed by atoms with Crippen molar-refractivity contribution in [3.8, 4) is 5.88 Å². The number of pyridine rings is 1. The van der Waals surface area contributed by atoms with E-state index >= 15 is 0 Å². The first-order valence-electron chi connectivity index (χ1n) is 7.46. The topological polar surface area (TPSA) is 28.6 Å². The van der Waals surface area contributed by atoms with Crippen LogP contribution in [0, 0.1) is 5.82 Å². The Hall–Kier alpha value is -1.20. The Bertz CT molecular complexity index is 470. The number of hydrogen-bond acceptors (Lipinski definition) is 4. The molecule has 110 valence electrons. The maximum atomic E-state index is 13.8. The van der Waals surface area contributed by atoms with E-state index in [1.165, 1.54) is 6.42 Å². The number of likely N-dealkylation sites (N-methyl/N-ethyl adjacent to an activating group) is 1. The number of fused-ring (bicyclic) bond motifs is 2. The van der Waals surface area contributed by atoms with Gasteiger partial charge < -0.3 is 9.64 Å². The second-order valence-corrected chi connectivity index (χ2v) is 5.63. The van der Waals surface area contributed by atoms with Crippen LogP contribution in [-0.4, -0.2) is 53.1 Å². The molecule has 0 amide bonds. The molecule has 4 nitrogen and oxygen atoms in total. The summed E-state index contributed by atoms with van der Waals surface area (Å²) in [6.07, 6.45) is 3.02. The molecule has 3 heterocycles. The van der Waals surface area contributed by atoms with Gasteiger partial charge in [-0.05, 0) is 31.5 Å². The van der Waals surface area contributed by atoms with E-state index in [1.807, 2.05) is 6.92 Å². The molecular formula is C15H22FN3O. The number of rotatable bonds is 5. The third kappa shape index (κ3) is 2.52. The summed E-state index contributed by atoms with van der Waals surface area (Å²) < 4.78 is 18.9. The Morgan fingerprint density at radius 3 is 2.70 bits per heavy atom. The van der Waals surface area contributed by atoms with Crippen LogP contribution in [0.3, 0.4) is 0 Å². The first-order chi connectivity index (χ1) is 9.71. The zero-order chi connectivity index (χ0) is 14.1. The highest BCUT2D eigenvalue weighted by Crippen LogP contribution is 2.33. The predicted octanol–water partition coefficient (Wildman–Crippen LogP) is 1.90. The molecule has 2 aliphatic rings. The summed E-state index contributed by atoms with van der Waals surface area (Å²) in [4.78, 5) is 9.04. The van der Waals surface area contributed by atoms with E-state index in [9.17, 15) is 4.39 Å². The highest BCUT2D eigenvalue weighted by atomic mass is 19.1. The molecular weight excluding hydrogens is 257 g/mol. The zero-order valence-corrected chi connectivity index (χ0v) is 12.2. The molecule has 2 unspecified atom stereocenters. The number of piperazine rings is 1. The van der Waals surface area contributed by atoms with Crippen molar-refractivity contribution in [2.24, 2.45) is 0 Å². The predicted molar refractivity (Wildman–Crippen MR) is 75.2 cm³/mol. The Kier molecular flexibility index (Phi) is 3.89. The fourth-order valence-corrected chi connectivity index (χ4v) is 3.30. The van der Waals surface area contributed by atoms with Gasteiger partial charge in [-0.25, -0.2) is 9.37 Å². The fraction of sp³-hybridized carbons (Fsp3) is 0.667. The molecule has 3 rings (SSSR count). The van der Waals surface area contributed by atoms with Gasteiger partial charge in [0.25, 0.3) is 0 Å². The van der Waals surface area contributed by atoms with Gasteiger partial charge in [-0.3, -0.25) is 4.90 Å². The van der Waals surface area contributed by atoms with Crippen molar-refractivity contribution in [1.82, 2.24) is 14.8 Å². The summed E-state index contributed by atoms with van der Waals surface area (Å²) in [5.41, 5.74) is 0.936. The van der Waals surface area contributed by atoms with Gasteiger partial charge >= 0.3 is 0 Å². The number of ether oxygens (including phenoxy) is 1. The quantitative estimate of drug-likeness (QED) is 0.823. The molecule has 2 atom stereocenters. The number of nitrogens with zero attached hydrogens (tertiary/aromatic N) is 3. The van der Waals surface area contributed by atoms with Gasteiger partial charge in [0, 0.05) is 37.9 Å². The lowest BCUT2D eigenvalue weighted by atomic mass is 9.87. The van der Waals surface area contributed by atoms with Crippen LogP contribution in [0.2, 0.25) is 0 Å². The normalized spacial score (nSPS) is 26.4. The highest BCUT2D eigenvalue weighted by Gasteiger charge is 2.43.